The molecule has 0 spiro atoms. The molecular weight excluding hydrogens is 330 g/mol. The molecule has 0 aliphatic carbocycles. The summed E-state index contributed by atoms with van der Waals surface area (Å²) in [6, 6.07) is 5.62. The Morgan fingerprint density at radius 1 is 1.42 bits per heavy atom. The first kappa shape index (κ1) is 15.9. The normalized spacial score (nSPS) is 10.5. The Morgan fingerprint density at radius 2 is 2.25 bits per heavy atom. The van der Waals surface area contributed by atoms with Crippen LogP contribution in [0.4, 0.5) is 11.5 Å². The van der Waals surface area contributed by atoms with Crippen molar-refractivity contribution in [3.05, 3.63) is 35.5 Å². The molecule has 3 aromatic heterocycles. The third kappa shape index (κ3) is 3.20. The largest absolute Gasteiger partial charge is 0.467 e. The molecule has 0 radical (unpaired) electrons. The van der Waals surface area contributed by atoms with Gasteiger partial charge in [0.25, 0.3) is 5.91 Å². The van der Waals surface area contributed by atoms with Crippen LogP contribution in [0, 0.1) is 0 Å². The first-order valence-corrected chi connectivity index (χ1v) is 7.86. The van der Waals surface area contributed by atoms with Gasteiger partial charge in [0.1, 0.15) is 5.69 Å². The highest BCUT2D eigenvalue weighted by atomic mass is 32.1. The van der Waals surface area contributed by atoms with Gasteiger partial charge in [-0.2, -0.15) is 4.98 Å². The average Bonchev–Trinajstić information content (AvgIpc) is 3.26. The number of methoxy groups -OCH3 is 1. The number of aromatic nitrogens is 3. The first-order chi connectivity index (χ1) is 11.6. The van der Waals surface area contributed by atoms with Gasteiger partial charge in [0.05, 0.1) is 18.2 Å². The molecule has 9 heteroatoms. The maximum absolute atomic E-state index is 12.4. The molecule has 0 fully saturated rings. The van der Waals surface area contributed by atoms with E-state index in [-0.39, 0.29) is 11.7 Å². The van der Waals surface area contributed by atoms with Crippen molar-refractivity contribution in [2.24, 2.45) is 0 Å². The average molecular weight is 345 g/mol. The zero-order valence-corrected chi connectivity index (χ0v) is 14.1. The zero-order chi connectivity index (χ0) is 17.1. The Bertz CT molecular complexity index is 845. The highest BCUT2D eigenvalue weighted by Gasteiger charge is 2.17. The topological polar surface area (TPSA) is 93.4 Å². The molecule has 0 saturated carbocycles. The van der Waals surface area contributed by atoms with E-state index in [2.05, 4.69) is 20.4 Å². The van der Waals surface area contributed by atoms with Crippen LogP contribution in [0.25, 0.3) is 10.6 Å². The summed E-state index contributed by atoms with van der Waals surface area (Å²) in [4.78, 5) is 23.3. The third-order valence-electron chi connectivity index (χ3n) is 3.11. The minimum Gasteiger partial charge on any atom is -0.467 e. The SMILES string of the molecule is COc1ncc(NC(=O)c2cc(-c3cccs3)on2)c(N(C)C)n1. The van der Waals surface area contributed by atoms with Crippen molar-refractivity contribution in [1.82, 2.24) is 15.1 Å². The predicted molar refractivity (Wildman–Crippen MR) is 90.7 cm³/mol. The zero-order valence-electron chi connectivity index (χ0n) is 13.3. The van der Waals surface area contributed by atoms with E-state index in [0.29, 0.717) is 17.3 Å². The summed E-state index contributed by atoms with van der Waals surface area (Å²) in [6.45, 7) is 0. The molecule has 0 aliphatic heterocycles. The second-order valence-electron chi connectivity index (χ2n) is 5.00. The van der Waals surface area contributed by atoms with Crippen LogP contribution in [0.15, 0.2) is 34.3 Å². The van der Waals surface area contributed by atoms with Crippen molar-refractivity contribution in [2.45, 2.75) is 0 Å². The summed E-state index contributed by atoms with van der Waals surface area (Å²) in [5.41, 5.74) is 0.630. The fourth-order valence-corrected chi connectivity index (χ4v) is 2.66. The number of thiophene rings is 1. The molecule has 124 valence electrons. The third-order valence-corrected chi connectivity index (χ3v) is 3.99. The monoisotopic (exact) mass is 345 g/mol. The fraction of sp³-hybridized carbons (Fsp3) is 0.200. The van der Waals surface area contributed by atoms with Crippen molar-refractivity contribution in [2.75, 3.05) is 31.4 Å². The highest BCUT2D eigenvalue weighted by Crippen LogP contribution is 2.26. The van der Waals surface area contributed by atoms with Crippen LogP contribution in [0.1, 0.15) is 10.5 Å². The van der Waals surface area contributed by atoms with Crippen LogP contribution in [-0.2, 0) is 0 Å². The maximum Gasteiger partial charge on any atom is 0.318 e. The first-order valence-electron chi connectivity index (χ1n) is 6.99. The van der Waals surface area contributed by atoms with Crippen LogP contribution in [0.5, 0.6) is 6.01 Å². The van der Waals surface area contributed by atoms with E-state index in [0.717, 1.165) is 4.88 Å². The summed E-state index contributed by atoms with van der Waals surface area (Å²) in [5, 5.41) is 8.48. The smallest absolute Gasteiger partial charge is 0.318 e. The second-order valence-corrected chi connectivity index (χ2v) is 5.94. The number of anilines is 2. The predicted octanol–water partition coefficient (Wildman–Crippen LogP) is 2.52. The van der Waals surface area contributed by atoms with Gasteiger partial charge in [-0.1, -0.05) is 11.2 Å². The molecule has 0 bridgehead atoms. The van der Waals surface area contributed by atoms with Gasteiger partial charge in [0, 0.05) is 20.2 Å². The number of carbonyl (C=O) groups excluding carboxylic acids is 1. The van der Waals surface area contributed by atoms with E-state index < -0.39 is 5.91 Å². The Balaban J connectivity index is 1.82. The van der Waals surface area contributed by atoms with Crippen molar-refractivity contribution in [1.29, 1.82) is 0 Å². The van der Waals surface area contributed by atoms with E-state index in [1.165, 1.54) is 24.6 Å². The van der Waals surface area contributed by atoms with Gasteiger partial charge in [-0.3, -0.25) is 4.79 Å². The number of nitrogens with one attached hydrogen (secondary N) is 1. The number of rotatable bonds is 5. The van der Waals surface area contributed by atoms with E-state index in [1.54, 1.807) is 11.0 Å². The Kier molecular flexibility index (Phi) is 4.43. The van der Waals surface area contributed by atoms with Gasteiger partial charge < -0.3 is 19.5 Å². The minimum atomic E-state index is -0.404. The number of hydrogen-bond donors (Lipinski definition) is 1. The van der Waals surface area contributed by atoms with Crippen molar-refractivity contribution < 1.29 is 14.1 Å². The van der Waals surface area contributed by atoms with E-state index in [4.69, 9.17) is 9.26 Å². The number of amides is 1. The van der Waals surface area contributed by atoms with Gasteiger partial charge in [-0.05, 0) is 11.4 Å². The van der Waals surface area contributed by atoms with Crippen LogP contribution >= 0.6 is 11.3 Å². The molecule has 0 aliphatic rings. The Labute approximate surface area is 142 Å². The van der Waals surface area contributed by atoms with Gasteiger partial charge in [-0.15, -0.1) is 11.3 Å². The maximum atomic E-state index is 12.4. The van der Waals surface area contributed by atoms with Crippen LogP contribution < -0.4 is 15.0 Å². The molecule has 8 nitrogen and oxygen atoms in total. The lowest BCUT2D eigenvalue weighted by molar-refractivity contribution is 0.101. The molecule has 0 atom stereocenters. The van der Waals surface area contributed by atoms with E-state index in [1.807, 2.05) is 31.6 Å². The lowest BCUT2D eigenvalue weighted by atomic mass is 10.3. The summed E-state index contributed by atoms with van der Waals surface area (Å²) >= 11 is 1.51. The van der Waals surface area contributed by atoms with Crippen LogP contribution in [-0.4, -0.2) is 42.2 Å². The lowest BCUT2D eigenvalue weighted by Crippen LogP contribution is -2.18. The van der Waals surface area contributed by atoms with Gasteiger partial charge in [-0.25, -0.2) is 4.98 Å². The molecule has 0 unspecified atom stereocenters. The molecule has 3 heterocycles. The molecule has 3 aromatic rings. The lowest BCUT2D eigenvalue weighted by Gasteiger charge is -2.16. The van der Waals surface area contributed by atoms with Crippen molar-refractivity contribution >= 4 is 28.7 Å². The van der Waals surface area contributed by atoms with Gasteiger partial charge >= 0.3 is 6.01 Å². The molecule has 0 saturated heterocycles. The summed E-state index contributed by atoms with van der Waals surface area (Å²) in [5.74, 6) is 0.671. The number of ether oxygens (including phenoxy) is 1. The molecule has 24 heavy (non-hydrogen) atoms. The second kappa shape index (κ2) is 6.67. The van der Waals surface area contributed by atoms with E-state index >= 15 is 0 Å². The van der Waals surface area contributed by atoms with Gasteiger partial charge in [0.2, 0.25) is 0 Å². The highest BCUT2D eigenvalue weighted by molar-refractivity contribution is 7.13. The molecule has 1 N–H and O–H groups in total. The minimum absolute atomic E-state index is 0.180. The number of nitrogens with zero attached hydrogens (tertiary/aromatic N) is 4. The Morgan fingerprint density at radius 3 is 2.92 bits per heavy atom. The Hall–Kier alpha value is -2.94. The quantitative estimate of drug-likeness (QED) is 0.759. The van der Waals surface area contributed by atoms with Crippen LogP contribution in [0.2, 0.25) is 0 Å². The number of hydrogen-bond acceptors (Lipinski definition) is 8. The molecule has 1 amide bonds. The standard InChI is InChI=1S/C15H15N5O3S/c1-20(2)13-10(8-16-15(18-13)22-3)17-14(21)9-7-11(23-19-9)12-5-4-6-24-12/h4-8H,1-3H3,(H,17,21). The number of carbonyl (C=O) groups is 1. The fourth-order valence-electron chi connectivity index (χ4n) is 1.99. The molecule has 3 rings (SSSR count). The molecule has 0 aromatic carbocycles. The van der Waals surface area contributed by atoms with Crippen molar-refractivity contribution in [3.63, 3.8) is 0 Å². The van der Waals surface area contributed by atoms with Crippen LogP contribution in [0.3, 0.4) is 0 Å². The van der Waals surface area contributed by atoms with E-state index in [9.17, 15) is 4.79 Å². The van der Waals surface area contributed by atoms with Crippen molar-refractivity contribution in [3.8, 4) is 16.6 Å². The van der Waals surface area contributed by atoms with Gasteiger partial charge in [0.15, 0.2) is 17.3 Å². The summed E-state index contributed by atoms with van der Waals surface area (Å²) in [7, 11) is 5.10. The summed E-state index contributed by atoms with van der Waals surface area (Å²) in [6.07, 6.45) is 1.49. The summed E-state index contributed by atoms with van der Waals surface area (Å²) < 4.78 is 10.2. The molecular formula is C15H15N5O3S.